The smallest absolute Gasteiger partial charge is 0.276 e. The highest BCUT2D eigenvalue weighted by atomic mass is 33.1. The number of aromatic nitrogens is 3. The Kier molecular flexibility index (Phi) is 109. The normalized spacial score (nSPS) is 11.1. The monoisotopic (exact) mass is 1650 g/mol. The highest BCUT2D eigenvalue weighted by molar-refractivity contribution is 8.77. The fraction of sp³-hybridized carbons (Fsp3) is 0.828. The number of Topliss-reactive ketones (excluding diaryl/α,β-unsaturated/α-hetero) is 1. The van der Waals surface area contributed by atoms with Gasteiger partial charge in [0.15, 0.2) is 0 Å². The Balaban J connectivity index is -0.0000000969. The van der Waals surface area contributed by atoms with Crippen LogP contribution in [0.25, 0.3) is 4.85 Å². The molecule has 0 fully saturated rings. The average molecular weight is 1650 g/mol. The maximum atomic E-state index is 10.8. The summed E-state index contributed by atoms with van der Waals surface area (Å²) in [6.45, 7) is 119. The third-order valence-electron chi connectivity index (χ3n) is 12.6. The molecule has 0 saturated carbocycles. The first kappa shape index (κ1) is 135. The standard InChI is InChI=1S/C10H20S.C9H18S.C8H15N3.2C8H16.C8H14.C7H15NO.2C7H15N.C7H14N.C7H14O.C7H16.C6H14S2/c1-8(2)10(5)6-7-11-9(3)4;1-7(2)9(5)6-10-8(3)4;1-6(2)8-5-11(7(3)4)10-9-8;3*1-7(2)5-6-8(3)4;1-5(2)7(9)8-6(3)4;3*1-6(2)5-8-7(3)4;1-5(2)7(8)6(3)4;1-6(2)5-7(3)4;1-5(2)7-8-6(3)4/h8-9H,5-7H2,1-4H3;7-8H,5-6H2,1-4H3;5-7H,1-4H3;2*5-8H,1-4H3;7-8H,1-4H3;5-6H,1-4H3,(H,8,9);2*5-7H,1-4H3;6-7H,1-4H3;5-6H,1-4H3;6-7H,5H2,1-4H3;5-6H,1-4H3/q;;;;;;;;;+1;;;/b;;;6-5+;6-5-;;;;;;;;. The van der Waals surface area contributed by atoms with E-state index < -0.39 is 0 Å². The molecule has 0 saturated heterocycles. The lowest BCUT2D eigenvalue weighted by Crippen LogP contribution is -2.33. The Morgan fingerprint density at radius 3 is 0.929 bits per heavy atom. The van der Waals surface area contributed by atoms with Crippen molar-refractivity contribution < 1.29 is 9.59 Å². The van der Waals surface area contributed by atoms with Crippen LogP contribution in [0.1, 0.15) is 391 Å². The highest BCUT2D eigenvalue weighted by Gasteiger charge is 2.11. The van der Waals surface area contributed by atoms with Crippen molar-refractivity contribution in [1.29, 1.82) is 0 Å². The van der Waals surface area contributed by atoms with Gasteiger partial charge < -0.3 is 5.32 Å². The number of amides is 1. The molecule has 0 aliphatic heterocycles. The van der Waals surface area contributed by atoms with Gasteiger partial charge in [-0.15, -0.1) is 16.9 Å². The number of hydrogen-bond acceptors (Lipinski definition) is 10. The lowest BCUT2D eigenvalue weighted by Gasteiger charge is -2.10. The Bertz CT molecular complexity index is 2210. The molecule has 0 aliphatic carbocycles. The summed E-state index contributed by atoms with van der Waals surface area (Å²) in [6, 6.07) is 4.96. The molecule has 1 heterocycles. The summed E-state index contributed by atoms with van der Waals surface area (Å²) in [4.78, 5) is 34.2. The van der Waals surface area contributed by atoms with E-state index in [0.29, 0.717) is 101 Å². The van der Waals surface area contributed by atoms with Crippen molar-refractivity contribution >= 4 is 69.2 Å². The number of aliphatic imine (C=N–C) groups is 2. The molecule has 0 aromatic carbocycles. The molecule has 668 valence electrons. The molecule has 9 nitrogen and oxygen atoms in total. The van der Waals surface area contributed by atoms with E-state index >= 15 is 0 Å². The van der Waals surface area contributed by atoms with Gasteiger partial charge in [0.2, 0.25) is 5.91 Å². The molecule has 1 aromatic heterocycles. The summed E-state index contributed by atoms with van der Waals surface area (Å²) in [7, 11) is 3.91. The zero-order valence-electron chi connectivity index (χ0n) is 84.9. The Hall–Kier alpha value is -2.97. The van der Waals surface area contributed by atoms with E-state index in [1.807, 2.05) is 124 Å². The van der Waals surface area contributed by atoms with Crippen LogP contribution < -0.4 is 5.32 Å². The molecule has 0 atom stereocenters. The predicted octanol–water partition coefficient (Wildman–Crippen LogP) is 32.6. The second kappa shape index (κ2) is 90.4. The molecule has 0 unspecified atom stereocenters. The summed E-state index contributed by atoms with van der Waals surface area (Å²) in [5.41, 5.74) is 3.82. The van der Waals surface area contributed by atoms with Gasteiger partial charge in [0.05, 0.1) is 11.6 Å². The topological polar surface area (TPSA) is 106 Å². The fourth-order valence-electron chi connectivity index (χ4n) is 6.45. The molecule has 13 heteroatoms. The molecule has 112 heavy (non-hydrogen) atoms. The van der Waals surface area contributed by atoms with Crippen LogP contribution in [0.3, 0.4) is 0 Å². The quantitative estimate of drug-likeness (QED) is 0.0383. The third-order valence-corrected chi connectivity index (χ3v) is 18.4. The second-order valence-corrected chi connectivity index (χ2v) is 43.7. The van der Waals surface area contributed by atoms with E-state index in [2.05, 4.69) is 390 Å². The van der Waals surface area contributed by atoms with Crippen molar-refractivity contribution in [2.75, 3.05) is 11.5 Å². The van der Waals surface area contributed by atoms with Gasteiger partial charge in [-0.05, 0) is 163 Å². The zero-order chi connectivity index (χ0) is 91.4. The summed E-state index contributed by atoms with van der Waals surface area (Å²) < 4.78 is 1.88. The first-order valence-electron chi connectivity index (χ1n) is 43.8. The van der Waals surface area contributed by atoms with Gasteiger partial charge in [-0.25, -0.2) is 4.68 Å². The van der Waals surface area contributed by atoms with Crippen LogP contribution in [0.2, 0.25) is 0 Å². The van der Waals surface area contributed by atoms with E-state index in [-0.39, 0.29) is 29.7 Å². The number of carbonyl (C=O) groups excluding carboxylic acids is 2. The minimum atomic E-state index is 0.104. The molecule has 0 radical (unpaired) electrons. The van der Waals surface area contributed by atoms with E-state index in [1.165, 1.54) is 29.7 Å². The van der Waals surface area contributed by atoms with E-state index in [4.69, 9.17) is 0 Å². The van der Waals surface area contributed by atoms with Crippen LogP contribution in [-0.4, -0.2) is 95.8 Å². The number of hydrogen-bond donors (Lipinski definition) is 1. The number of thioether (sulfide) groups is 2. The van der Waals surface area contributed by atoms with Gasteiger partial charge in [-0.3, -0.25) is 19.6 Å². The van der Waals surface area contributed by atoms with E-state index in [0.717, 1.165) is 44.3 Å². The largest absolute Gasteiger partial charge is 0.354 e. The number of carbonyl (C=O) groups is 2. The van der Waals surface area contributed by atoms with Crippen molar-refractivity contribution in [3.63, 3.8) is 0 Å². The van der Waals surface area contributed by atoms with Crippen molar-refractivity contribution in [2.45, 2.75) is 430 Å². The summed E-state index contributed by atoms with van der Waals surface area (Å²) in [5.74, 6) is 18.6. The minimum absolute atomic E-state index is 0.104. The molecular weight excluding hydrogens is 1450 g/mol. The first-order chi connectivity index (χ1) is 50.8. The van der Waals surface area contributed by atoms with Gasteiger partial charge in [-0.1, -0.05) is 357 Å². The molecule has 1 amide bonds. The SMILES string of the molecule is C=C(CCSC(C)C)C(C)C.C=C(CSC(C)C)C(C)C.CC(C)/C=C/C(C)C.CC(C)/C=C\C(C)C.CC(C)C#CC(C)C.CC(C)C#[N+]C(C)C.CC(C)C(=O)C(C)C.CC(C)C=NC(C)C.CC(C)C=NC(C)C.CC(C)CC(C)C.CC(C)NC(=O)C(C)C.CC(C)SSC(C)C.CC(C)c1cn(C(C)C)nn1. The lowest BCUT2D eigenvalue weighted by atomic mass is 9.99. The van der Waals surface area contributed by atoms with Gasteiger partial charge in [-0.2, -0.15) is 23.5 Å². The number of nitrogens with zero attached hydrogens (tertiary/aromatic N) is 6. The number of allylic oxidation sites excluding steroid dienone is 5. The Morgan fingerprint density at radius 2 is 0.786 bits per heavy atom. The van der Waals surface area contributed by atoms with Gasteiger partial charge in [0, 0.05) is 102 Å². The molecule has 0 aliphatic rings. The van der Waals surface area contributed by atoms with Crippen LogP contribution in [0.15, 0.2) is 64.8 Å². The molecule has 1 N–H and O–H groups in total. The number of rotatable bonds is 28. The van der Waals surface area contributed by atoms with Gasteiger partial charge in [0.25, 0.3) is 12.1 Å². The Morgan fingerprint density at radius 1 is 0.446 bits per heavy atom. The van der Waals surface area contributed by atoms with Crippen LogP contribution >= 0.6 is 45.1 Å². The maximum absolute atomic E-state index is 10.8. The molecule has 0 bridgehead atoms. The zero-order valence-corrected chi connectivity index (χ0v) is 88.2. The summed E-state index contributed by atoms with van der Waals surface area (Å²) in [6.07, 6.45) is 17.5. The highest BCUT2D eigenvalue weighted by Crippen LogP contribution is 2.30. The van der Waals surface area contributed by atoms with Crippen molar-refractivity contribution in [2.24, 2.45) is 105 Å². The third kappa shape index (κ3) is 155. The molecule has 1 aromatic rings. The fourth-order valence-corrected chi connectivity index (χ4v) is 9.96. The molecule has 1 rings (SSSR count). The summed E-state index contributed by atoms with van der Waals surface area (Å²) in [5, 5.41) is 13.9. The Labute approximate surface area is 723 Å². The van der Waals surface area contributed by atoms with Crippen LogP contribution in [0, 0.1) is 113 Å². The van der Waals surface area contributed by atoms with Gasteiger partial charge >= 0.3 is 0 Å². The second-order valence-electron chi connectivity index (χ2n) is 37.0. The lowest BCUT2D eigenvalue weighted by molar-refractivity contribution is -0.125. The predicted molar refractivity (Wildman–Crippen MR) is 534 cm³/mol. The minimum Gasteiger partial charge on any atom is -0.354 e. The van der Waals surface area contributed by atoms with E-state index in [1.54, 1.807) is 0 Å². The number of nitrogens with one attached hydrogen (secondary N) is 1. The molecule has 0 spiro atoms. The van der Waals surface area contributed by atoms with Crippen LogP contribution in [0.4, 0.5) is 0 Å². The van der Waals surface area contributed by atoms with Gasteiger partial charge in [0.1, 0.15) is 5.78 Å². The maximum Gasteiger partial charge on any atom is 0.276 e. The van der Waals surface area contributed by atoms with Crippen molar-refractivity contribution in [1.82, 2.24) is 20.3 Å². The van der Waals surface area contributed by atoms with Crippen molar-refractivity contribution in [3.8, 4) is 17.9 Å². The first-order valence-corrected chi connectivity index (χ1v) is 48.2. The number of ketones is 1. The molecular formula is C99H202N7O2S4+. The van der Waals surface area contributed by atoms with Crippen molar-refractivity contribution in [3.05, 3.63) is 65.3 Å². The van der Waals surface area contributed by atoms with E-state index in [9.17, 15) is 9.59 Å². The summed E-state index contributed by atoms with van der Waals surface area (Å²) >= 11 is 3.98. The average Bonchev–Trinajstić information content (AvgIpc) is 1.75. The van der Waals surface area contributed by atoms with Crippen LogP contribution in [0.5, 0.6) is 0 Å². The van der Waals surface area contributed by atoms with Crippen LogP contribution in [-0.2, 0) is 9.59 Å².